The Labute approximate surface area is 139 Å². The first kappa shape index (κ1) is 20.2. The van der Waals surface area contributed by atoms with E-state index in [0.717, 1.165) is 18.6 Å². The molecule has 0 spiro atoms. The molecule has 2 N–H and O–H groups in total. The zero-order valence-corrected chi connectivity index (χ0v) is 13.8. The molecule has 0 atom stereocenters. The van der Waals surface area contributed by atoms with E-state index in [1.165, 1.54) is 0 Å². The molecule has 1 rings (SSSR count). The highest BCUT2D eigenvalue weighted by atomic mass is 19.4. The SMILES string of the molecule is CCNC(=NCc1ccc(F)cc1C(F)(F)F)NCCCOCC. The second-order valence-electron chi connectivity index (χ2n) is 4.97. The third-order valence-corrected chi connectivity index (χ3v) is 3.09. The highest BCUT2D eigenvalue weighted by Gasteiger charge is 2.33. The van der Waals surface area contributed by atoms with Crippen LogP contribution in [0.2, 0.25) is 0 Å². The van der Waals surface area contributed by atoms with Crippen molar-refractivity contribution in [3.8, 4) is 0 Å². The number of hydrogen-bond acceptors (Lipinski definition) is 2. The molecule has 0 saturated carbocycles. The molecule has 4 nitrogen and oxygen atoms in total. The van der Waals surface area contributed by atoms with Gasteiger partial charge in [-0.15, -0.1) is 0 Å². The second-order valence-corrected chi connectivity index (χ2v) is 4.97. The number of rotatable bonds is 8. The maximum absolute atomic E-state index is 13.1. The molecule has 1 aromatic carbocycles. The van der Waals surface area contributed by atoms with Crippen molar-refractivity contribution in [1.29, 1.82) is 0 Å². The van der Waals surface area contributed by atoms with Crippen molar-refractivity contribution in [2.75, 3.05) is 26.3 Å². The predicted molar refractivity (Wildman–Crippen MR) is 85.3 cm³/mol. The number of benzene rings is 1. The fraction of sp³-hybridized carbons (Fsp3) is 0.562. The monoisotopic (exact) mass is 349 g/mol. The lowest BCUT2D eigenvalue weighted by Gasteiger charge is -2.14. The highest BCUT2D eigenvalue weighted by Crippen LogP contribution is 2.32. The van der Waals surface area contributed by atoms with Crippen molar-refractivity contribution in [3.63, 3.8) is 0 Å². The van der Waals surface area contributed by atoms with Gasteiger partial charge >= 0.3 is 6.18 Å². The van der Waals surface area contributed by atoms with Gasteiger partial charge in [-0.25, -0.2) is 9.38 Å². The van der Waals surface area contributed by atoms with Gasteiger partial charge in [-0.2, -0.15) is 13.2 Å². The van der Waals surface area contributed by atoms with Crippen LogP contribution in [-0.2, 0) is 17.5 Å². The predicted octanol–water partition coefficient (Wildman–Crippen LogP) is 3.33. The Morgan fingerprint density at radius 1 is 1.21 bits per heavy atom. The van der Waals surface area contributed by atoms with E-state index in [0.29, 0.717) is 38.3 Å². The van der Waals surface area contributed by atoms with Crippen molar-refractivity contribution in [2.24, 2.45) is 4.99 Å². The summed E-state index contributed by atoms with van der Waals surface area (Å²) in [4.78, 5) is 4.14. The third kappa shape index (κ3) is 7.16. The molecule has 0 heterocycles. The van der Waals surface area contributed by atoms with Gasteiger partial charge in [0.1, 0.15) is 5.82 Å². The highest BCUT2D eigenvalue weighted by molar-refractivity contribution is 5.79. The van der Waals surface area contributed by atoms with Crippen LogP contribution in [0, 0.1) is 5.82 Å². The number of ether oxygens (including phenoxy) is 1. The normalized spacial score (nSPS) is 12.3. The molecular formula is C16H23F4N3O. The molecule has 136 valence electrons. The largest absolute Gasteiger partial charge is 0.416 e. The Kier molecular flexibility index (Phi) is 8.53. The summed E-state index contributed by atoms with van der Waals surface area (Å²) in [6.07, 6.45) is -3.86. The summed E-state index contributed by atoms with van der Waals surface area (Å²) in [5.74, 6) is -0.512. The molecule has 1 aromatic rings. The number of nitrogens with zero attached hydrogens (tertiary/aromatic N) is 1. The molecule has 0 radical (unpaired) electrons. The number of nitrogens with one attached hydrogen (secondary N) is 2. The number of halogens is 4. The average Bonchev–Trinajstić information content (AvgIpc) is 2.52. The van der Waals surface area contributed by atoms with Gasteiger partial charge in [-0.1, -0.05) is 6.07 Å². The maximum Gasteiger partial charge on any atom is 0.416 e. The van der Waals surface area contributed by atoms with E-state index in [1.807, 2.05) is 13.8 Å². The molecular weight excluding hydrogens is 326 g/mol. The molecule has 8 heteroatoms. The van der Waals surface area contributed by atoms with Gasteiger partial charge in [0.15, 0.2) is 5.96 Å². The molecule has 0 saturated heterocycles. The number of alkyl halides is 3. The molecule has 0 unspecified atom stereocenters. The summed E-state index contributed by atoms with van der Waals surface area (Å²) >= 11 is 0. The minimum absolute atomic E-state index is 0.0737. The Morgan fingerprint density at radius 3 is 2.58 bits per heavy atom. The first-order chi connectivity index (χ1) is 11.4. The fourth-order valence-electron chi connectivity index (χ4n) is 1.98. The van der Waals surface area contributed by atoms with Crippen molar-refractivity contribution in [2.45, 2.75) is 33.0 Å². The van der Waals surface area contributed by atoms with Gasteiger partial charge in [-0.05, 0) is 38.0 Å². The standard InChI is InChI=1S/C16H23F4N3O/c1-3-21-15(22-8-5-9-24-4-2)23-11-12-6-7-13(17)10-14(12)16(18,19)20/h6-7,10H,3-5,8-9,11H2,1-2H3,(H2,21,22,23). The lowest BCUT2D eigenvalue weighted by Crippen LogP contribution is -2.38. The van der Waals surface area contributed by atoms with Crippen LogP contribution in [0.25, 0.3) is 0 Å². The summed E-state index contributed by atoms with van der Waals surface area (Å²) in [6.45, 7) is 5.96. The molecule has 0 aliphatic heterocycles. The van der Waals surface area contributed by atoms with Gasteiger partial charge in [-0.3, -0.25) is 0 Å². The van der Waals surface area contributed by atoms with E-state index in [9.17, 15) is 17.6 Å². The molecule has 0 fully saturated rings. The smallest absolute Gasteiger partial charge is 0.382 e. The Bertz CT molecular complexity index is 533. The minimum atomic E-state index is -4.61. The third-order valence-electron chi connectivity index (χ3n) is 3.09. The molecule has 0 aromatic heterocycles. The number of guanidine groups is 1. The van der Waals surface area contributed by atoms with Crippen LogP contribution in [0.4, 0.5) is 17.6 Å². The van der Waals surface area contributed by atoms with Crippen molar-refractivity contribution in [1.82, 2.24) is 10.6 Å². The summed E-state index contributed by atoms with van der Waals surface area (Å²) in [7, 11) is 0. The lowest BCUT2D eigenvalue weighted by molar-refractivity contribution is -0.138. The lowest BCUT2D eigenvalue weighted by atomic mass is 10.1. The van der Waals surface area contributed by atoms with Crippen LogP contribution in [0.3, 0.4) is 0 Å². The topological polar surface area (TPSA) is 45.7 Å². The molecule has 0 aliphatic carbocycles. The zero-order chi connectivity index (χ0) is 18.0. The van der Waals surface area contributed by atoms with Crippen LogP contribution in [0.15, 0.2) is 23.2 Å². The van der Waals surface area contributed by atoms with E-state index in [-0.39, 0.29) is 12.1 Å². The number of hydrogen-bond donors (Lipinski definition) is 2. The average molecular weight is 349 g/mol. The van der Waals surface area contributed by atoms with E-state index in [2.05, 4.69) is 15.6 Å². The summed E-state index contributed by atoms with van der Waals surface area (Å²) in [6, 6.07) is 2.61. The summed E-state index contributed by atoms with van der Waals surface area (Å²) in [5, 5.41) is 5.98. The van der Waals surface area contributed by atoms with E-state index in [1.54, 1.807) is 0 Å². The van der Waals surface area contributed by atoms with Crippen LogP contribution < -0.4 is 10.6 Å². The van der Waals surface area contributed by atoms with Gasteiger partial charge < -0.3 is 15.4 Å². The van der Waals surface area contributed by atoms with Crippen LogP contribution in [0.1, 0.15) is 31.4 Å². The van der Waals surface area contributed by atoms with Gasteiger partial charge in [0.25, 0.3) is 0 Å². The number of aliphatic imine (C=N–C) groups is 1. The fourth-order valence-corrected chi connectivity index (χ4v) is 1.98. The van der Waals surface area contributed by atoms with Gasteiger partial charge in [0, 0.05) is 26.3 Å². The van der Waals surface area contributed by atoms with E-state index < -0.39 is 17.6 Å². The molecule has 24 heavy (non-hydrogen) atoms. The van der Waals surface area contributed by atoms with Crippen LogP contribution >= 0.6 is 0 Å². The Morgan fingerprint density at radius 2 is 1.96 bits per heavy atom. The van der Waals surface area contributed by atoms with Crippen molar-refractivity contribution >= 4 is 5.96 Å². The van der Waals surface area contributed by atoms with Crippen molar-refractivity contribution < 1.29 is 22.3 Å². The maximum atomic E-state index is 13.1. The van der Waals surface area contributed by atoms with E-state index >= 15 is 0 Å². The first-order valence-electron chi connectivity index (χ1n) is 7.84. The van der Waals surface area contributed by atoms with Crippen molar-refractivity contribution in [3.05, 3.63) is 35.1 Å². The Hall–Kier alpha value is -1.83. The Balaban J connectivity index is 2.75. The molecule has 0 amide bonds. The summed E-state index contributed by atoms with van der Waals surface area (Å²) in [5.41, 5.74) is -1.08. The second kappa shape index (κ2) is 10.1. The first-order valence-corrected chi connectivity index (χ1v) is 7.84. The van der Waals surface area contributed by atoms with Gasteiger partial charge in [0.05, 0.1) is 12.1 Å². The van der Waals surface area contributed by atoms with E-state index in [4.69, 9.17) is 4.74 Å². The summed E-state index contributed by atoms with van der Waals surface area (Å²) < 4.78 is 57.2. The van der Waals surface area contributed by atoms with Crippen LogP contribution in [0.5, 0.6) is 0 Å². The molecule has 0 aliphatic rings. The quantitative estimate of drug-likeness (QED) is 0.328. The van der Waals surface area contributed by atoms with Gasteiger partial charge in [0.2, 0.25) is 0 Å². The zero-order valence-electron chi connectivity index (χ0n) is 13.8. The van der Waals surface area contributed by atoms with Crippen LogP contribution in [-0.4, -0.2) is 32.3 Å². The minimum Gasteiger partial charge on any atom is -0.382 e. The molecule has 0 bridgehead atoms.